The van der Waals surface area contributed by atoms with Gasteiger partial charge < -0.3 is 0 Å². The Morgan fingerprint density at radius 1 is 0.875 bits per heavy atom. The Bertz CT molecular complexity index is 724. The third-order valence-corrected chi connectivity index (χ3v) is 3.04. The second-order valence-electron chi connectivity index (χ2n) is 3.97. The van der Waals surface area contributed by atoms with E-state index in [1.807, 2.05) is 30.3 Å². The lowest BCUT2D eigenvalue weighted by Crippen LogP contribution is -1.82. The Hall–Kier alpha value is -1.82. The summed E-state index contributed by atoms with van der Waals surface area (Å²) in [6.07, 6.45) is -1.30. The summed E-state index contributed by atoms with van der Waals surface area (Å²) in [6.45, 7) is 1.60. The molecule has 16 heavy (non-hydrogen) atoms. The molecule has 0 N–H and O–H groups in total. The van der Waals surface area contributed by atoms with E-state index in [9.17, 15) is 0 Å². The Morgan fingerprint density at radius 2 is 1.56 bits per heavy atom. The Labute approximate surface area is 98.3 Å². The van der Waals surface area contributed by atoms with Crippen molar-refractivity contribution in [3.05, 3.63) is 60.2 Å². The molecule has 0 aliphatic heterocycles. The molecule has 0 saturated heterocycles. The van der Waals surface area contributed by atoms with Crippen LogP contribution in [-0.2, 0) is 6.37 Å². The van der Waals surface area contributed by atoms with Gasteiger partial charge in [-0.25, -0.2) is 0 Å². The molecule has 0 spiro atoms. The zero-order valence-electron chi connectivity index (χ0n) is 11.2. The van der Waals surface area contributed by atoms with Gasteiger partial charge in [-0.3, -0.25) is 0 Å². The van der Waals surface area contributed by atoms with E-state index in [0.29, 0.717) is 0 Å². The fraction of sp³-hybridized carbons (Fsp3) is 0.125. The molecule has 0 saturated carbocycles. The van der Waals surface area contributed by atoms with Crippen LogP contribution in [0, 0.1) is 0 Å². The van der Waals surface area contributed by atoms with Crippen LogP contribution >= 0.6 is 0 Å². The first-order valence-corrected chi connectivity index (χ1v) is 5.48. The summed E-state index contributed by atoms with van der Waals surface area (Å²) in [7, 11) is 0. The van der Waals surface area contributed by atoms with Gasteiger partial charge in [0.15, 0.2) is 0 Å². The van der Waals surface area contributed by atoms with Crippen LogP contribution in [-0.4, -0.2) is 0 Å². The molecular weight excluding hydrogens is 192 g/mol. The van der Waals surface area contributed by atoms with Gasteiger partial charge in [-0.1, -0.05) is 61.5 Å². The molecule has 0 unspecified atom stereocenters. The highest BCUT2D eigenvalue weighted by molar-refractivity contribution is 6.07. The van der Waals surface area contributed by atoms with E-state index in [1.54, 1.807) is 6.92 Å². The van der Waals surface area contributed by atoms with E-state index >= 15 is 0 Å². The third-order valence-electron chi connectivity index (χ3n) is 3.04. The molecule has 0 fully saturated rings. The van der Waals surface area contributed by atoms with Crippen molar-refractivity contribution in [2.24, 2.45) is 0 Å². The highest BCUT2D eigenvalue weighted by Crippen LogP contribution is 2.26. The minimum atomic E-state index is -1.30. The molecule has 78 valence electrons. The second-order valence-corrected chi connectivity index (χ2v) is 3.97. The predicted molar refractivity (Wildman–Crippen MR) is 70.8 cm³/mol. The van der Waals surface area contributed by atoms with Crippen molar-refractivity contribution in [1.29, 1.82) is 0 Å². The maximum atomic E-state index is 7.82. The van der Waals surface area contributed by atoms with Crippen molar-refractivity contribution in [1.82, 2.24) is 0 Å². The molecule has 0 atom stereocenters. The fourth-order valence-electron chi connectivity index (χ4n) is 2.16. The van der Waals surface area contributed by atoms with Gasteiger partial charge in [0.1, 0.15) is 0 Å². The molecule has 0 aliphatic rings. The van der Waals surface area contributed by atoms with Crippen LogP contribution in [0.25, 0.3) is 21.5 Å². The molecular formula is C16H14. The summed E-state index contributed by atoms with van der Waals surface area (Å²) >= 11 is 0. The third kappa shape index (κ3) is 1.38. The van der Waals surface area contributed by atoms with Crippen molar-refractivity contribution >= 4 is 21.5 Å². The molecule has 0 heterocycles. The topological polar surface area (TPSA) is 0 Å². The summed E-state index contributed by atoms with van der Waals surface area (Å²) in [6, 6.07) is 18.3. The van der Waals surface area contributed by atoms with Crippen LogP contribution in [0.1, 0.15) is 15.2 Å². The van der Waals surface area contributed by atoms with Crippen LogP contribution in [0.4, 0.5) is 0 Å². The smallest absolute Gasteiger partial charge is 0.0313 e. The molecule has 3 aromatic carbocycles. The van der Waals surface area contributed by atoms with Gasteiger partial charge in [0.25, 0.3) is 0 Å². The number of fused-ring (bicyclic) bond motifs is 3. The minimum Gasteiger partial charge on any atom is -0.0616 e. The molecule has 0 aliphatic carbocycles. The van der Waals surface area contributed by atoms with Crippen LogP contribution < -0.4 is 0 Å². The second kappa shape index (κ2) is 3.64. The van der Waals surface area contributed by atoms with E-state index in [1.165, 1.54) is 10.8 Å². The van der Waals surface area contributed by atoms with Gasteiger partial charge >= 0.3 is 0 Å². The van der Waals surface area contributed by atoms with E-state index in [2.05, 4.69) is 24.3 Å². The Morgan fingerprint density at radius 3 is 2.38 bits per heavy atom. The van der Waals surface area contributed by atoms with E-state index in [-0.39, 0.29) is 0 Å². The zero-order valence-corrected chi connectivity index (χ0v) is 9.20. The normalized spacial score (nSPS) is 13.8. The van der Waals surface area contributed by atoms with Crippen LogP contribution in [0.2, 0.25) is 0 Å². The van der Waals surface area contributed by atoms with Gasteiger partial charge in [0, 0.05) is 2.74 Å². The Kier molecular flexibility index (Phi) is 1.70. The van der Waals surface area contributed by atoms with Gasteiger partial charge in [-0.2, -0.15) is 0 Å². The van der Waals surface area contributed by atoms with Gasteiger partial charge in [0.2, 0.25) is 0 Å². The zero-order chi connectivity index (χ0) is 12.8. The highest BCUT2D eigenvalue weighted by Gasteiger charge is 2.00. The maximum absolute atomic E-state index is 7.82. The molecule has 0 amide bonds. The summed E-state index contributed by atoms with van der Waals surface area (Å²) < 4.78 is 15.6. The lowest BCUT2D eigenvalue weighted by atomic mass is 9.99. The fourth-order valence-corrected chi connectivity index (χ4v) is 2.16. The lowest BCUT2D eigenvalue weighted by molar-refractivity contribution is 1.15. The number of hydrogen-bond acceptors (Lipinski definition) is 0. The SMILES string of the molecule is [2H]C([2H])(C)c1ccc2ccc3ccccc3c2c1. The summed E-state index contributed by atoms with van der Waals surface area (Å²) in [4.78, 5) is 0. The van der Waals surface area contributed by atoms with E-state index in [4.69, 9.17) is 2.74 Å². The summed E-state index contributed by atoms with van der Waals surface area (Å²) in [5, 5.41) is 4.65. The van der Waals surface area contributed by atoms with Crippen molar-refractivity contribution < 1.29 is 2.74 Å². The number of aryl methyl sites for hydroxylation is 1. The predicted octanol–water partition coefficient (Wildman–Crippen LogP) is 4.56. The molecule has 0 nitrogen and oxygen atoms in total. The van der Waals surface area contributed by atoms with Gasteiger partial charge in [0.05, 0.1) is 0 Å². The van der Waals surface area contributed by atoms with Crippen molar-refractivity contribution in [2.45, 2.75) is 13.3 Å². The van der Waals surface area contributed by atoms with Gasteiger partial charge in [-0.15, -0.1) is 0 Å². The number of hydrogen-bond donors (Lipinski definition) is 0. The Balaban J connectivity index is 2.40. The first-order chi connectivity index (χ1) is 8.55. The van der Waals surface area contributed by atoms with Crippen LogP contribution in [0.3, 0.4) is 0 Å². The summed E-state index contributed by atoms with van der Waals surface area (Å²) in [5.41, 5.74) is 0.728. The molecule has 0 bridgehead atoms. The minimum absolute atomic E-state index is 0.728. The van der Waals surface area contributed by atoms with Crippen molar-refractivity contribution in [3.8, 4) is 0 Å². The molecule has 0 heteroatoms. The number of rotatable bonds is 1. The van der Waals surface area contributed by atoms with Crippen molar-refractivity contribution in [2.75, 3.05) is 0 Å². The van der Waals surface area contributed by atoms with E-state index < -0.39 is 6.37 Å². The molecule has 3 aromatic rings. The molecule has 3 rings (SSSR count). The largest absolute Gasteiger partial charge is 0.0616 e. The average molecular weight is 208 g/mol. The summed E-state index contributed by atoms with van der Waals surface area (Å²) in [5.74, 6) is 0. The standard InChI is InChI=1S/C16H14/c1-2-12-7-8-14-10-9-13-5-3-4-6-15(13)16(14)11-12/h3-11H,2H2,1H3/i2D2. The first kappa shape index (κ1) is 7.45. The van der Waals surface area contributed by atoms with Crippen LogP contribution in [0.15, 0.2) is 54.6 Å². The van der Waals surface area contributed by atoms with Crippen LogP contribution in [0.5, 0.6) is 0 Å². The monoisotopic (exact) mass is 208 g/mol. The lowest BCUT2D eigenvalue weighted by Gasteiger charge is -2.05. The molecule has 0 radical (unpaired) electrons. The van der Waals surface area contributed by atoms with E-state index in [0.717, 1.165) is 16.3 Å². The van der Waals surface area contributed by atoms with Gasteiger partial charge in [-0.05, 0) is 33.5 Å². The average Bonchev–Trinajstić information content (AvgIpc) is 2.37. The maximum Gasteiger partial charge on any atom is 0.0313 e. The van der Waals surface area contributed by atoms with Crippen molar-refractivity contribution in [3.63, 3.8) is 0 Å². The highest BCUT2D eigenvalue weighted by atomic mass is 14.0. The number of benzene rings is 3. The first-order valence-electron chi connectivity index (χ1n) is 6.48. The quantitative estimate of drug-likeness (QED) is 0.514. The molecule has 0 aromatic heterocycles.